The van der Waals surface area contributed by atoms with Crippen molar-refractivity contribution in [1.82, 2.24) is 0 Å². The van der Waals surface area contributed by atoms with Gasteiger partial charge in [-0.3, -0.25) is 0 Å². The Morgan fingerprint density at radius 1 is 0.846 bits per heavy atom. The standard InChI is InChI=1S/C21H21I3O2/c1-5-14-19(2,3)26-18-12-8-16(9-13-18)20(4,21(22,23)24)15-6-10-17(25)11-7-15/h6-13,25H,1-4H3. The van der Waals surface area contributed by atoms with Crippen LogP contribution in [0.4, 0.5) is 0 Å². The van der Waals surface area contributed by atoms with Gasteiger partial charge in [0.25, 0.3) is 0 Å². The third-order valence-corrected chi connectivity index (χ3v) is 7.48. The highest BCUT2D eigenvalue weighted by Gasteiger charge is 2.45. The molecule has 0 heterocycles. The molecule has 0 saturated carbocycles. The predicted octanol–water partition coefficient (Wildman–Crippen LogP) is 6.84. The quantitative estimate of drug-likeness (QED) is 0.212. The van der Waals surface area contributed by atoms with Crippen LogP contribution in [0.3, 0.4) is 0 Å². The minimum atomic E-state index is -0.518. The number of phenolic OH excluding ortho intramolecular Hbond substituents is 1. The van der Waals surface area contributed by atoms with Crippen LogP contribution in [-0.4, -0.2) is 10.1 Å². The zero-order chi connectivity index (χ0) is 19.6. The first-order valence-corrected chi connectivity index (χ1v) is 11.3. The molecule has 0 radical (unpaired) electrons. The molecule has 1 atom stereocenters. The molecule has 0 aliphatic rings. The summed E-state index contributed by atoms with van der Waals surface area (Å²) in [4.78, 5) is 0. The summed E-state index contributed by atoms with van der Waals surface area (Å²) in [5.74, 6) is 7.06. The van der Waals surface area contributed by atoms with Gasteiger partial charge in [0.15, 0.2) is 5.60 Å². The van der Waals surface area contributed by atoms with Crippen molar-refractivity contribution in [2.24, 2.45) is 0 Å². The number of hydrogen-bond acceptors (Lipinski definition) is 2. The van der Waals surface area contributed by atoms with Gasteiger partial charge in [0.1, 0.15) is 10.9 Å². The van der Waals surface area contributed by atoms with Crippen LogP contribution in [0.15, 0.2) is 48.5 Å². The van der Waals surface area contributed by atoms with Gasteiger partial charge in [-0.05, 0) is 63.1 Å². The lowest BCUT2D eigenvalue weighted by molar-refractivity contribution is 0.172. The molecule has 1 unspecified atom stereocenters. The van der Waals surface area contributed by atoms with Crippen molar-refractivity contribution < 1.29 is 9.84 Å². The zero-order valence-electron chi connectivity index (χ0n) is 15.1. The Hall–Kier alpha value is -0.210. The van der Waals surface area contributed by atoms with E-state index in [2.05, 4.69) is 98.7 Å². The normalized spacial score (nSPS) is 14.1. The number of halogens is 3. The summed E-state index contributed by atoms with van der Waals surface area (Å²) in [5.41, 5.74) is 1.57. The molecule has 0 spiro atoms. The van der Waals surface area contributed by atoms with E-state index in [0.29, 0.717) is 0 Å². The second-order valence-electron chi connectivity index (χ2n) is 6.68. The lowest BCUT2D eigenvalue weighted by Crippen LogP contribution is -2.36. The lowest BCUT2D eigenvalue weighted by Gasteiger charge is -2.39. The number of rotatable bonds is 5. The molecule has 138 valence electrons. The van der Waals surface area contributed by atoms with Gasteiger partial charge in [0.05, 0.1) is 5.41 Å². The Kier molecular flexibility index (Phi) is 7.16. The average Bonchev–Trinajstić information content (AvgIpc) is 2.54. The molecule has 0 aliphatic heterocycles. The van der Waals surface area contributed by atoms with E-state index in [4.69, 9.17) is 4.74 Å². The van der Waals surface area contributed by atoms with Crippen molar-refractivity contribution >= 4 is 67.8 Å². The fourth-order valence-corrected chi connectivity index (χ4v) is 4.63. The van der Waals surface area contributed by atoms with Gasteiger partial charge in [-0.2, -0.15) is 0 Å². The predicted molar refractivity (Wildman–Crippen MR) is 134 cm³/mol. The van der Waals surface area contributed by atoms with E-state index in [-0.39, 0.29) is 10.6 Å². The van der Waals surface area contributed by atoms with E-state index in [9.17, 15) is 5.11 Å². The fraction of sp³-hybridized carbons (Fsp3) is 0.333. The molecule has 0 fully saturated rings. The molecular weight excluding hydrogens is 665 g/mol. The highest BCUT2D eigenvalue weighted by Crippen LogP contribution is 2.55. The molecule has 5 heteroatoms. The summed E-state index contributed by atoms with van der Waals surface area (Å²) in [7, 11) is 0. The SMILES string of the molecule is CC#CC(C)(C)Oc1ccc(C(C)(c2ccc(O)cc2)C(I)(I)I)cc1. The van der Waals surface area contributed by atoms with E-state index >= 15 is 0 Å². The summed E-state index contributed by atoms with van der Waals surface area (Å²) in [6, 6.07) is 15.7. The van der Waals surface area contributed by atoms with Crippen molar-refractivity contribution in [3.05, 3.63) is 59.7 Å². The van der Waals surface area contributed by atoms with Crippen molar-refractivity contribution in [3.63, 3.8) is 0 Å². The molecule has 0 bridgehead atoms. The Morgan fingerprint density at radius 3 is 1.73 bits per heavy atom. The van der Waals surface area contributed by atoms with E-state index in [0.717, 1.165) is 11.3 Å². The maximum Gasteiger partial charge on any atom is 0.163 e. The van der Waals surface area contributed by atoms with Crippen molar-refractivity contribution in [3.8, 4) is 23.3 Å². The van der Waals surface area contributed by atoms with Gasteiger partial charge >= 0.3 is 0 Å². The Morgan fingerprint density at radius 2 is 1.31 bits per heavy atom. The maximum atomic E-state index is 9.65. The van der Waals surface area contributed by atoms with Crippen molar-refractivity contribution in [2.75, 3.05) is 0 Å². The number of aromatic hydroxyl groups is 1. The largest absolute Gasteiger partial charge is 0.508 e. The van der Waals surface area contributed by atoms with Crippen LogP contribution >= 0.6 is 67.8 Å². The van der Waals surface area contributed by atoms with Crippen LogP contribution in [-0.2, 0) is 5.41 Å². The molecule has 2 nitrogen and oxygen atoms in total. The molecule has 0 saturated heterocycles. The average molecular weight is 686 g/mol. The summed E-state index contributed by atoms with van der Waals surface area (Å²) < 4.78 is 5.90. The maximum absolute atomic E-state index is 9.65. The number of alkyl halides is 3. The highest BCUT2D eigenvalue weighted by atomic mass is 127. The summed E-state index contributed by atoms with van der Waals surface area (Å²) in [6.45, 7) is 7.97. The smallest absolute Gasteiger partial charge is 0.163 e. The first kappa shape index (κ1) is 22.1. The molecule has 1 N–H and O–H groups in total. The van der Waals surface area contributed by atoms with Crippen LogP contribution in [0.25, 0.3) is 0 Å². The molecule has 26 heavy (non-hydrogen) atoms. The van der Waals surface area contributed by atoms with E-state index in [1.54, 1.807) is 12.1 Å². The first-order chi connectivity index (χ1) is 12.0. The van der Waals surface area contributed by atoms with Gasteiger partial charge in [-0.1, -0.05) is 98.0 Å². The fourth-order valence-electron chi connectivity index (χ4n) is 2.77. The molecule has 2 aromatic rings. The number of hydrogen-bond donors (Lipinski definition) is 1. The molecular formula is C21H21I3O2. The summed E-state index contributed by atoms with van der Waals surface area (Å²) in [6.07, 6.45) is 0. The van der Waals surface area contributed by atoms with Crippen LogP contribution in [0.1, 0.15) is 38.8 Å². The van der Waals surface area contributed by atoms with Crippen LogP contribution in [0, 0.1) is 11.8 Å². The monoisotopic (exact) mass is 686 g/mol. The third-order valence-electron chi connectivity index (χ3n) is 4.24. The molecule has 0 aromatic heterocycles. The van der Waals surface area contributed by atoms with Gasteiger partial charge < -0.3 is 9.84 Å². The minimum Gasteiger partial charge on any atom is -0.508 e. The Balaban J connectivity index is 2.44. The second-order valence-corrected chi connectivity index (χ2v) is 17.7. The van der Waals surface area contributed by atoms with Crippen molar-refractivity contribution in [1.29, 1.82) is 0 Å². The minimum absolute atomic E-state index is 0.105. The van der Waals surface area contributed by atoms with E-state index in [1.807, 2.05) is 45.0 Å². The van der Waals surface area contributed by atoms with E-state index < -0.39 is 5.60 Å². The Labute approximate surface area is 196 Å². The van der Waals surface area contributed by atoms with Gasteiger partial charge in [0, 0.05) is 0 Å². The van der Waals surface area contributed by atoms with Crippen molar-refractivity contribution in [2.45, 2.75) is 38.1 Å². The van der Waals surface area contributed by atoms with Gasteiger partial charge in [-0.15, -0.1) is 5.92 Å². The zero-order valence-corrected chi connectivity index (χ0v) is 21.6. The highest BCUT2D eigenvalue weighted by molar-refractivity contribution is 14.3. The van der Waals surface area contributed by atoms with E-state index in [1.165, 1.54) is 5.56 Å². The van der Waals surface area contributed by atoms with Gasteiger partial charge in [-0.25, -0.2) is 0 Å². The van der Waals surface area contributed by atoms with Crippen LogP contribution in [0.2, 0.25) is 0 Å². The summed E-state index contributed by atoms with van der Waals surface area (Å²) in [5, 5.41) is 9.65. The number of benzene rings is 2. The Bertz CT molecular complexity index is 810. The van der Waals surface area contributed by atoms with Crippen LogP contribution < -0.4 is 4.74 Å². The number of phenols is 1. The second kappa shape index (κ2) is 8.43. The third kappa shape index (κ3) is 4.98. The summed E-state index contributed by atoms with van der Waals surface area (Å²) >= 11 is 7.42. The molecule has 0 amide bonds. The lowest BCUT2D eigenvalue weighted by atomic mass is 9.78. The molecule has 2 aromatic carbocycles. The topological polar surface area (TPSA) is 29.5 Å². The molecule has 2 rings (SSSR count). The van der Waals surface area contributed by atoms with Crippen LogP contribution in [0.5, 0.6) is 11.5 Å². The number of ether oxygens (including phenoxy) is 1. The van der Waals surface area contributed by atoms with Gasteiger partial charge in [0.2, 0.25) is 0 Å². The molecule has 0 aliphatic carbocycles. The first-order valence-electron chi connectivity index (χ1n) is 8.09.